The molecule has 0 aromatic heterocycles. The van der Waals surface area contributed by atoms with E-state index < -0.39 is 0 Å². The van der Waals surface area contributed by atoms with Gasteiger partial charge in [-0.2, -0.15) is 0 Å². The minimum Gasteiger partial charge on any atom is -0.385 e. The average Bonchev–Trinajstić information content (AvgIpc) is 2.37. The molecule has 0 aliphatic heterocycles. The Morgan fingerprint density at radius 1 is 1.25 bits per heavy atom. The Morgan fingerprint density at radius 2 is 1.95 bits per heavy atom. The van der Waals surface area contributed by atoms with Crippen molar-refractivity contribution in [3.8, 4) is 0 Å². The molecule has 1 aromatic rings. The van der Waals surface area contributed by atoms with Crippen molar-refractivity contribution in [2.45, 2.75) is 33.7 Å². The van der Waals surface area contributed by atoms with Crippen molar-refractivity contribution in [2.75, 3.05) is 18.4 Å². The van der Waals surface area contributed by atoms with Gasteiger partial charge in [0, 0.05) is 23.8 Å². The van der Waals surface area contributed by atoms with Gasteiger partial charge in [-0.1, -0.05) is 0 Å². The molecular weight excluding hydrogens is 254 g/mol. The summed E-state index contributed by atoms with van der Waals surface area (Å²) in [4.78, 5) is 23.4. The predicted molar refractivity (Wildman–Crippen MR) is 81.0 cm³/mol. The highest BCUT2D eigenvalue weighted by atomic mass is 16.2. The smallest absolute Gasteiger partial charge is 0.251 e. The van der Waals surface area contributed by atoms with Gasteiger partial charge in [-0.3, -0.25) is 9.59 Å². The van der Waals surface area contributed by atoms with Gasteiger partial charge in [-0.25, -0.2) is 0 Å². The third kappa shape index (κ3) is 4.91. The van der Waals surface area contributed by atoms with Gasteiger partial charge in [0.2, 0.25) is 5.91 Å². The van der Waals surface area contributed by atoms with Crippen LogP contribution >= 0.6 is 0 Å². The van der Waals surface area contributed by atoms with Crippen LogP contribution in [0.5, 0.6) is 0 Å². The number of anilines is 1. The highest BCUT2D eigenvalue weighted by Gasteiger charge is 2.09. The molecular formula is C15H23N3O2. The number of benzene rings is 1. The van der Waals surface area contributed by atoms with Crippen molar-refractivity contribution in [3.63, 3.8) is 0 Å². The molecule has 1 aromatic carbocycles. The lowest BCUT2D eigenvalue weighted by molar-refractivity contribution is -0.120. The van der Waals surface area contributed by atoms with Gasteiger partial charge in [0.05, 0.1) is 6.54 Å². The molecule has 0 bridgehead atoms. The van der Waals surface area contributed by atoms with Crippen molar-refractivity contribution < 1.29 is 9.59 Å². The van der Waals surface area contributed by atoms with E-state index in [0.717, 1.165) is 17.8 Å². The van der Waals surface area contributed by atoms with Crippen LogP contribution in [0.2, 0.25) is 0 Å². The fourth-order valence-electron chi connectivity index (χ4n) is 1.83. The molecule has 0 saturated carbocycles. The van der Waals surface area contributed by atoms with Crippen LogP contribution < -0.4 is 16.0 Å². The summed E-state index contributed by atoms with van der Waals surface area (Å²) in [5, 5.41) is 8.55. The van der Waals surface area contributed by atoms with Crippen LogP contribution in [0.1, 0.15) is 36.7 Å². The molecule has 0 radical (unpaired) electrons. The quantitative estimate of drug-likeness (QED) is 0.741. The Bertz CT molecular complexity index is 484. The maximum Gasteiger partial charge on any atom is 0.251 e. The third-order valence-corrected chi connectivity index (χ3v) is 2.71. The first-order valence-electron chi connectivity index (χ1n) is 6.86. The molecule has 1 rings (SSSR count). The molecule has 2 amide bonds. The van der Waals surface area contributed by atoms with E-state index >= 15 is 0 Å². The maximum atomic E-state index is 11.9. The van der Waals surface area contributed by atoms with E-state index in [0.29, 0.717) is 5.56 Å². The Labute approximate surface area is 120 Å². The predicted octanol–water partition coefficient (Wildman–Crippen LogP) is 1.68. The lowest BCUT2D eigenvalue weighted by Gasteiger charge is -2.11. The SMILES string of the molecule is CCNc1ccc(C(=O)NCC(=O)NC(C)C)cc1C. The first-order chi connectivity index (χ1) is 9.43. The molecule has 110 valence electrons. The Balaban J connectivity index is 2.60. The molecule has 0 heterocycles. The second kappa shape index (κ2) is 7.53. The number of amides is 2. The molecule has 0 aliphatic carbocycles. The Kier molecular flexibility index (Phi) is 6.03. The number of nitrogens with one attached hydrogen (secondary N) is 3. The second-order valence-electron chi connectivity index (χ2n) is 4.96. The van der Waals surface area contributed by atoms with Gasteiger partial charge in [0.15, 0.2) is 0 Å². The van der Waals surface area contributed by atoms with Crippen LogP contribution in [0.15, 0.2) is 18.2 Å². The summed E-state index contributed by atoms with van der Waals surface area (Å²) in [6, 6.07) is 5.51. The van der Waals surface area contributed by atoms with Crippen molar-refractivity contribution in [1.82, 2.24) is 10.6 Å². The van der Waals surface area contributed by atoms with Crippen molar-refractivity contribution >= 4 is 17.5 Å². The zero-order valence-corrected chi connectivity index (χ0v) is 12.5. The summed E-state index contributed by atoms with van der Waals surface area (Å²) in [7, 11) is 0. The molecule has 20 heavy (non-hydrogen) atoms. The number of carbonyl (C=O) groups excluding carboxylic acids is 2. The van der Waals surface area contributed by atoms with Crippen molar-refractivity contribution in [3.05, 3.63) is 29.3 Å². The van der Waals surface area contributed by atoms with Gasteiger partial charge >= 0.3 is 0 Å². The molecule has 5 nitrogen and oxygen atoms in total. The van der Waals surface area contributed by atoms with Crippen LogP contribution in [-0.2, 0) is 4.79 Å². The average molecular weight is 277 g/mol. The van der Waals surface area contributed by atoms with Crippen LogP contribution in [0.4, 0.5) is 5.69 Å². The van der Waals surface area contributed by atoms with Gasteiger partial charge in [-0.15, -0.1) is 0 Å². The monoisotopic (exact) mass is 277 g/mol. The summed E-state index contributed by atoms with van der Waals surface area (Å²) in [6.07, 6.45) is 0. The first kappa shape index (κ1) is 16.0. The summed E-state index contributed by atoms with van der Waals surface area (Å²) in [6.45, 7) is 8.55. The van der Waals surface area contributed by atoms with E-state index in [1.54, 1.807) is 6.07 Å². The summed E-state index contributed by atoms with van der Waals surface area (Å²) in [5.41, 5.74) is 2.58. The maximum absolute atomic E-state index is 11.9. The minimum atomic E-state index is -0.241. The van der Waals surface area contributed by atoms with Crippen molar-refractivity contribution in [2.24, 2.45) is 0 Å². The van der Waals surface area contributed by atoms with Gasteiger partial charge < -0.3 is 16.0 Å². The summed E-state index contributed by atoms with van der Waals surface area (Å²) < 4.78 is 0. The highest BCUT2D eigenvalue weighted by Crippen LogP contribution is 2.16. The summed E-state index contributed by atoms with van der Waals surface area (Å²) in [5.74, 6) is -0.426. The van der Waals surface area contributed by atoms with E-state index in [-0.39, 0.29) is 24.4 Å². The Morgan fingerprint density at radius 3 is 2.50 bits per heavy atom. The molecule has 0 fully saturated rings. The van der Waals surface area contributed by atoms with E-state index in [1.165, 1.54) is 0 Å². The van der Waals surface area contributed by atoms with E-state index in [9.17, 15) is 9.59 Å². The van der Waals surface area contributed by atoms with Gasteiger partial charge in [-0.05, 0) is 51.5 Å². The first-order valence-corrected chi connectivity index (χ1v) is 6.86. The zero-order chi connectivity index (χ0) is 15.1. The zero-order valence-electron chi connectivity index (χ0n) is 12.5. The van der Waals surface area contributed by atoms with E-state index in [4.69, 9.17) is 0 Å². The number of carbonyl (C=O) groups is 2. The number of rotatable bonds is 6. The van der Waals surface area contributed by atoms with Crippen LogP contribution in [0.25, 0.3) is 0 Å². The molecule has 3 N–H and O–H groups in total. The highest BCUT2D eigenvalue weighted by molar-refractivity contribution is 5.97. The number of hydrogen-bond acceptors (Lipinski definition) is 3. The standard InChI is InChI=1S/C15H23N3O2/c1-5-16-13-7-6-12(8-11(13)4)15(20)17-9-14(19)18-10(2)3/h6-8,10,16H,5,9H2,1-4H3,(H,17,20)(H,18,19). The molecule has 5 heteroatoms. The third-order valence-electron chi connectivity index (χ3n) is 2.71. The molecule has 0 spiro atoms. The van der Waals surface area contributed by atoms with Gasteiger partial charge in [0.1, 0.15) is 0 Å². The largest absolute Gasteiger partial charge is 0.385 e. The molecule has 0 aliphatic rings. The number of hydrogen-bond donors (Lipinski definition) is 3. The fraction of sp³-hybridized carbons (Fsp3) is 0.467. The normalized spacial score (nSPS) is 10.2. The Hall–Kier alpha value is -2.04. The van der Waals surface area contributed by atoms with Crippen molar-refractivity contribution in [1.29, 1.82) is 0 Å². The lowest BCUT2D eigenvalue weighted by atomic mass is 10.1. The van der Waals surface area contributed by atoms with Crippen LogP contribution in [0, 0.1) is 6.92 Å². The van der Waals surface area contributed by atoms with Crippen LogP contribution in [0.3, 0.4) is 0 Å². The van der Waals surface area contributed by atoms with Gasteiger partial charge in [0.25, 0.3) is 5.91 Å². The second-order valence-corrected chi connectivity index (χ2v) is 4.96. The van der Waals surface area contributed by atoms with E-state index in [2.05, 4.69) is 16.0 Å². The molecule has 0 saturated heterocycles. The van der Waals surface area contributed by atoms with E-state index in [1.807, 2.05) is 39.8 Å². The fourth-order valence-corrected chi connectivity index (χ4v) is 1.83. The molecule has 0 atom stereocenters. The lowest BCUT2D eigenvalue weighted by Crippen LogP contribution is -2.39. The minimum absolute atomic E-state index is 0.00891. The topological polar surface area (TPSA) is 70.2 Å². The summed E-state index contributed by atoms with van der Waals surface area (Å²) >= 11 is 0. The molecule has 0 unspecified atom stereocenters. The van der Waals surface area contributed by atoms with Crippen LogP contribution in [-0.4, -0.2) is 30.9 Å². The number of aryl methyl sites for hydroxylation is 1.